The Morgan fingerprint density at radius 3 is 2.95 bits per heavy atom. The van der Waals surface area contributed by atoms with Gasteiger partial charge >= 0.3 is 5.97 Å². The normalized spacial score (nSPS) is 17.6. The number of hydrogen-bond donors (Lipinski definition) is 1. The fraction of sp³-hybridized carbons (Fsp3) is 0.312. The average Bonchev–Trinajstić information content (AvgIpc) is 3.14. The fourth-order valence-corrected chi connectivity index (χ4v) is 3.66. The van der Waals surface area contributed by atoms with Crippen molar-refractivity contribution in [2.24, 2.45) is 5.92 Å². The molecule has 4 nitrogen and oxygen atoms in total. The van der Waals surface area contributed by atoms with Crippen molar-refractivity contribution >= 4 is 28.9 Å². The first-order valence-electron chi connectivity index (χ1n) is 6.97. The number of para-hydroxylation sites is 1. The summed E-state index contributed by atoms with van der Waals surface area (Å²) in [6.07, 6.45) is 1.01. The van der Waals surface area contributed by atoms with Crippen LogP contribution in [0.3, 0.4) is 0 Å². The summed E-state index contributed by atoms with van der Waals surface area (Å²) in [5.74, 6) is 0.132. The first-order valence-corrected chi connectivity index (χ1v) is 8.17. The van der Waals surface area contributed by atoms with Crippen LogP contribution in [0.2, 0.25) is 4.34 Å². The molecule has 1 unspecified atom stereocenters. The maximum Gasteiger partial charge on any atom is 0.338 e. The van der Waals surface area contributed by atoms with Crippen LogP contribution in [-0.4, -0.2) is 30.9 Å². The minimum atomic E-state index is -1.02. The molecule has 1 aromatic heterocycles. The second-order valence-corrected chi connectivity index (χ2v) is 6.79. The zero-order chi connectivity index (χ0) is 15.5. The van der Waals surface area contributed by atoms with Gasteiger partial charge in [-0.1, -0.05) is 23.7 Å². The minimum absolute atomic E-state index is 0.126. The van der Waals surface area contributed by atoms with Crippen LogP contribution in [0.5, 0.6) is 5.75 Å². The molecule has 0 amide bonds. The maximum atomic E-state index is 11.1. The van der Waals surface area contributed by atoms with E-state index in [2.05, 4.69) is 0 Å². The van der Waals surface area contributed by atoms with Gasteiger partial charge in [-0.2, -0.15) is 0 Å². The van der Waals surface area contributed by atoms with Gasteiger partial charge in [-0.05, 0) is 24.6 Å². The van der Waals surface area contributed by atoms with Gasteiger partial charge in [0.1, 0.15) is 10.1 Å². The Morgan fingerprint density at radius 1 is 1.45 bits per heavy atom. The molecule has 0 aliphatic carbocycles. The van der Waals surface area contributed by atoms with Crippen LogP contribution in [0.15, 0.2) is 30.3 Å². The first-order chi connectivity index (χ1) is 10.6. The maximum absolute atomic E-state index is 11.1. The van der Waals surface area contributed by atoms with Gasteiger partial charge in [0.25, 0.3) is 0 Å². The van der Waals surface area contributed by atoms with Gasteiger partial charge in [0.15, 0.2) is 0 Å². The lowest BCUT2D eigenvalue weighted by molar-refractivity contribution is 0.0697. The monoisotopic (exact) mass is 338 g/mol. The highest BCUT2D eigenvalue weighted by Crippen LogP contribution is 2.39. The topological polar surface area (TPSA) is 55.8 Å². The summed E-state index contributed by atoms with van der Waals surface area (Å²) in [4.78, 5) is 11.9. The summed E-state index contributed by atoms with van der Waals surface area (Å²) < 4.78 is 11.5. The van der Waals surface area contributed by atoms with Crippen molar-refractivity contribution in [3.63, 3.8) is 0 Å². The molecule has 2 aromatic rings. The van der Waals surface area contributed by atoms with Crippen molar-refractivity contribution in [3.8, 4) is 16.2 Å². The Morgan fingerprint density at radius 2 is 2.27 bits per heavy atom. The quantitative estimate of drug-likeness (QED) is 0.888. The lowest BCUT2D eigenvalue weighted by Crippen LogP contribution is -2.11. The Bertz CT molecular complexity index is 677. The zero-order valence-corrected chi connectivity index (χ0v) is 13.3. The van der Waals surface area contributed by atoms with E-state index in [-0.39, 0.29) is 9.90 Å². The second kappa shape index (κ2) is 6.69. The molecule has 1 fully saturated rings. The zero-order valence-electron chi connectivity index (χ0n) is 11.8. The second-order valence-electron chi connectivity index (χ2n) is 5.14. The Labute approximate surface area is 137 Å². The number of thiophene rings is 1. The van der Waals surface area contributed by atoms with Gasteiger partial charge in [-0.15, -0.1) is 11.3 Å². The third-order valence-corrected chi connectivity index (χ3v) is 4.96. The molecule has 0 spiro atoms. The SMILES string of the molecule is O=C(O)c1cc(-c2ccccc2OCC2CCOC2)sc1Cl. The molecule has 116 valence electrons. The van der Waals surface area contributed by atoms with Crippen molar-refractivity contribution in [1.82, 2.24) is 0 Å². The van der Waals surface area contributed by atoms with E-state index in [1.54, 1.807) is 6.07 Å². The molecule has 1 saturated heterocycles. The number of carboxylic acid groups (broad SMARTS) is 1. The van der Waals surface area contributed by atoms with Crippen LogP contribution in [0, 0.1) is 5.92 Å². The van der Waals surface area contributed by atoms with Crippen LogP contribution in [0.4, 0.5) is 0 Å². The number of halogens is 1. The molecule has 1 atom stereocenters. The highest BCUT2D eigenvalue weighted by Gasteiger charge is 2.19. The predicted octanol–water partition coefficient (Wildman–Crippen LogP) is 4.18. The van der Waals surface area contributed by atoms with Crippen LogP contribution in [0.25, 0.3) is 10.4 Å². The van der Waals surface area contributed by atoms with Crippen molar-refractivity contribution in [1.29, 1.82) is 0 Å². The number of carbonyl (C=O) groups is 1. The van der Waals surface area contributed by atoms with Gasteiger partial charge in [0.2, 0.25) is 0 Å². The molecule has 1 aliphatic heterocycles. The molecule has 1 aliphatic rings. The molecule has 3 rings (SSSR count). The van der Waals surface area contributed by atoms with E-state index in [1.165, 1.54) is 11.3 Å². The third-order valence-electron chi connectivity index (χ3n) is 3.57. The number of ether oxygens (including phenoxy) is 2. The van der Waals surface area contributed by atoms with Crippen LogP contribution < -0.4 is 4.74 Å². The minimum Gasteiger partial charge on any atom is -0.493 e. The van der Waals surface area contributed by atoms with E-state index in [1.807, 2.05) is 24.3 Å². The van der Waals surface area contributed by atoms with Crippen molar-refractivity contribution in [2.45, 2.75) is 6.42 Å². The molecule has 1 aromatic carbocycles. The highest BCUT2D eigenvalue weighted by molar-refractivity contribution is 7.19. The standard InChI is InChI=1S/C16H15ClO4S/c17-15-12(16(18)19)7-14(22-15)11-3-1-2-4-13(11)21-9-10-5-6-20-8-10/h1-4,7,10H,5-6,8-9H2,(H,18,19). The first kappa shape index (κ1) is 15.3. The lowest BCUT2D eigenvalue weighted by Gasteiger charge is -2.13. The predicted molar refractivity (Wildman–Crippen MR) is 86.1 cm³/mol. The van der Waals surface area contributed by atoms with E-state index in [0.717, 1.165) is 35.8 Å². The number of rotatable bonds is 5. The Kier molecular flexibility index (Phi) is 4.66. The van der Waals surface area contributed by atoms with Gasteiger partial charge in [0, 0.05) is 23.0 Å². The summed E-state index contributed by atoms with van der Waals surface area (Å²) in [5, 5.41) is 9.12. The lowest BCUT2D eigenvalue weighted by atomic mass is 10.1. The smallest absolute Gasteiger partial charge is 0.338 e. The molecule has 6 heteroatoms. The van der Waals surface area contributed by atoms with E-state index < -0.39 is 5.97 Å². The highest BCUT2D eigenvalue weighted by atomic mass is 35.5. The van der Waals surface area contributed by atoms with Crippen LogP contribution >= 0.6 is 22.9 Å². The summed E-state index contributed by atoms with van der Waals surface area (Å²) in [7, 11) is 0. The van der Waals surface area contributed by atoms with Gasteiger partial charge in [0.05, 0.1) is 18.8 Å². The Balaban J connectivity index is 1.84. The number of aromatic carboxylic acids is 1. The average molecular weight is 339 g/mol. The fourth-order valence-electron chi connectivity index (χ4n) is 2.37. The van der Waals surface area contributed by atoms with Gasteiger partial charge < -0.3 is 14.6 Å². The molecule has 0 bridgehead atoms. The van der Waals surface area contributed by atoms with Crippen LogP contribution in [-0.2, 0) is 4.74 Å². The van der Waals surface area contributed by atoms with E-state index in [0.29, 0.717) is 12.5 Å². The summed E-state index contributed by atoms with van der Waals surface area (Å²) in [6, 6.07) is 9.19. The molecule has 0 saturated carbocycles. The Hall–Kier alpha value is -1.56. The van der Waals surface area contributed by atoms with E-state index in [9.17, 15) is 4.79 Å². The molecule has 2 heterocycles. The van der Waals surface area contributed by atoms with Crippen molar-refractivity contribution in [3.05, 3.63) is 40.2 Å². The molecular formula is C16H15ClO4S. The molecule has 22 heavy (non-hydrogen) atoms. The number of benzene rings is 1. The molecular weight excluding hydrogens is 324 g/mol. The van der Waals surface area contributed by atoms with E-state index in [4.69, 9.17) is 26.2 Å². The van der Waals surface area contributed by atoms with Gasteiger partial charge in [-0.25, -0.2) is 4.79 Å². The largest absolute Gasteiger partial charge is 0.493 e. The van der Waals surface area contributed by atoms with Crippen LogP contribution in [0.1, 0.15) is 16.8 Å². The third kappa shape index (κ3) is 3.27. The summed E-state index contributed by atoms with van der Waals surface area (Å²) >= 11 is 7.25. The van der Waals surface area contributed by atoms with E-state index >= 15 is 0 Å². The van der Waals surface area contributed by atoms with Crippen molar-refractivity contribution in [2.75, 3.05) is 19.8 Å². The van der Waals surface area contributed by atoms with Crippen molar-refractivity contribution < 1.29 is 19.4 Å². The number of carboxylic acids is 1. The summed E-state index contributed by atoms with van der Waals surface area (Å²) in [6.45, 7) is 2.12. The summed E-state index contributed by atoms with van der Waals surface area (Å²) in [5.41, 5.74) is 0.987. The number of hydrogen-bond acceptors (Lipinski definition) is 4. The van der Waals surface area contributed by atoms with Gasteiger partial charge in [-0.3, -0.25) is 0 Å². The molecule has 0 radical (unpaired) electrons. The molecule has 1 N–H and O–H groups in total.